The second kappa shape index (κ2) is 15.9. The van der Waals surface area contributed by atoms with E-state index in [4.69, 9.17) is 0 Å². The maximum absolute atomic E-state index is 2.56. The first-order chi connectivity index (χ1) is 32.7. The summed E-state index contributed by atoms with van der Waals surface area (Å²) < 4.78 is 0. The molecule has 0 bridgehead atoms. The number of fused-ring (bicyclic) bond motifs is 6. The minimum absolute atomic E-state index is 1.01. The molecule has 2 heteroatoms. The van der Waals surface area contributed by atoms with Gasteiger partial charge in [-0.15, -0.1) is 0 Å². The summed E-state index contributed by atoms with van der Waals surface area (Å²) in [6.45, 7) is 0. The highest BCUT2D eigenvalue weighted by molar-refractivity contribution is 6.23. The van der Waals surface area contributed by atoms with Gasteiger partial charge in [0, 0.05) is 34.1 Å². The van der Waals surface area contributed by atoms with Crippen LogP contribution in [0.2, 0.25) is 0 Å². The maximum atomic E-state index is 2.56. The molecule has 0 fully saturated rings. The number of para-hydroxylation sites is 3. The first kappa shape index (κ1) is 38.5. The topological polar surface area (TPSA) is 6.48 Å². The van der Waals surface area contributed by atoms with Gasteiger partial charge in [-0.25, -0.2) is 0 Å². The van der Waals surface area contributed by atoms with Crippen LogP contribution in [0.1, 0.15) is 36.0 Å². The van der Waals surface area contributed by atoms with Crippen molar-refractivity contribution in [2.24, 2.45) is 0 Å². The zero-order chi connectivity index (χ0) is 43.6. The summed E-state index contributed by atoms with van der Waals surface area (Å²) in [4.78, 5) is 5.07. The summed E-state index contributed by atoms with van der Waals surface area (Å²) in [6.07, 6.45) is 11.1. The lowest BCUT2D eigenvalue weighted by Gasteiger charge is -2.30. The van der Waals surface area contributed by atoms with Gasteiger partial charge < -0.3 is 9.80 Å². The van der Waals surface area contributed by atoms with E-state index in [9.17, 15) is 0 Å². The summed E-state index contributed by atoms with van der Waals surface area (Å²) in [7, 11) is 0. The van der Waals surface area contributed by atoms with Crippen molar-refractivity contribution in [3.05, 3.63) is 246 Å². The molecule has 66 heavy (non-hydrogen) atoms. The van der Waals surface area contributed by atoms with E-state index in [1.165, 1.54) is 117 Å². The molecule has 10 aromatic rings. The summed E-state index contributed by atoms with van der Waals surface area (Å²) in [5.41, 5.74) is 20.6. The zero-order valence-corrected chi connectivity index (χ0v) is 36.9. The Bertz CT molecular complexity index is 3550. The zero-order valence-electron chi connectivity index (χ0n) is 36.9. The lowest BCUT2D eigenvalue weighted by molar-refractivity contribution is 0.833. The molecule has 0 amide bonds. The molecule has 1 aliphatic carbocycles. The molecule has 13 rings (SSSR count). The fourth-order valence-electron chi connectivity index (χ4n) is 11.3. The Hall–Kier alpha value is -7.94. The predicted octanol–water partition coefficient (Wildman–Crippen LogP) is 17.4. The van der Waals surface area contributed by atoms with E-state index in [0.29, 0.717) is 0 Å². The Labute approximate surface area is 387 Å². The smallest absolute Gasteiger partial charge is 0.0493 e. The molecule has 314 valence electrons. The number of allylic oxidation sites excluding steroid dienone is 3. The lowest BCUT2D eigenvalue weighted by atomic mass is 9.84. The number of benzene rings is 10. The molecule has 3 aliphatic rings. The quantitative estimate of drug-likeness (QED) is 0.159. The Morgan fingerprint density at radius 2 is 0.803 bits per heavy atom. The van der Waals surface area contributed by atoms with E-state index in [-0.39, 0.29) is 0 Å². The normalized spacial score (nSPS) is 14.4. The van der Waals surface area contributed by atoms with Crippen LogP contribution in [0.15, 0.2) is 230 Å². The van der Waals surface area contributed by atoms with Crippen molar-refractivity contribution in [1.29, 1.82) is 0 Å². The van der Waals surface area contributed by atoms with Gasteiger partial charge in [0.1, 0.15) is 0 Å². The van der Waals surface area contributed by atoms with Crippen LogP contribution in [0.5, 0.6) is 0 Å². The monoisotopic (exact) mass is 844 g/mol. The van der Waals surface area contributed by atoms with Crippen LogP contribution in [0.4, 0.5) is 28.4 Å². The van der Waals surface area contributed by atoms with E-state index in [0.717, 1.165) is 38.5 Å². The molecule has 0 atom stereocenters. The minimum Gasteiger partial charge on any atom is -0.310 e. The molecule has 2 heterocycles. The third-order valence-electron chi connectivity index (χ3n) is 14.4. The van der Waals surface area contributed by atoms with Gasteiger partial charge in [-0.3, -0.25) is 0 Å². The molecule has 0 saturated heterocycles. The molecule has 10 aromatic carbocycles. The third kappa shape index (κ3) is 6.47. The van der Waals surface area contributed by atoms with Crippen molar-refractivity contribution in [1.82, 2.24) is 0 Å². The van der Waals surface area contributed by atoms with E-state index in [2.05, 4.69) is 228 Å². The van der Waals surface area contributed by atoms with Crippen molar-refractivity contribution in [2.75, 3.05) is 9.80 Å². The van der Waals surface area contributed by atoms with Gasteiger partial charge in [-0.1, -0.05) is 158 Å². The summed E-state index contributed by atoms with van der Waals surface area (Å²) in [6, 6.07) is 77.4. The van der Waals surface area contributed by atoms with Crippen LogP contribution in [0.3, 0.4) is 0 Å². The van der Waals surface area contributed by atoms with E-state index in [1.54, 1.807) is 5.57 Å². The molecule has 2 nitrogen and oxygen atoms in total. The van der Waals surface area contributed by atoms with Gasteiger partial charge in [0.05, 0.1) is 0 Å². The third-order valence-corrected chi connectivity index (χ3v) is 14.4. The number of nitrogens with zero attached hydrogens (tertiary/aromatic N) is 2. The molecule has 0 unspecified atom stereocenters. The SMILES string of the molecule is C1=CC2=C(CC1)CCc1ccccc1N2c1ccc2c(-c3ccc4cc(-c5ccccc5)ccc4c3)c3cc(N4c5ccccc5CCc5ccccc54)ccc3c(-c3ccccc3)c2c1. The Morgan fingerprint density at radius 3 is 1.42 bits per heavy atom. The number of hydrogen-bond donors (Lipinski definition) is 0. The highest BCUT2D eigenvalue weighted by atomic mass is 15.2. The van der Waals surface area contributed by atoms with Gasteiger partial charge >= 0.3 is 0 Å². The fourth-order valence-corrected chi connectivity index (χ4v) is 11.3. The number of anilines is 5. The van der Waals surface area contributed by atoms with E-state index < -0.39 is 0 Å². The molecule has 0 N–H and O–H groups in total. The van der Waals surface area contributed by atoms with Gasteiger partial charge in [0.15, 0.2) is 0 Å². The second-order valence-electron chi connectivity index (χ2n) is 18.2. The van der Waals surface area contributed by atoms with Crippen LogP contribution < -0.4 is 9.80 Å². The maximum Gasteiger partial charge on any atom is 0.0493 e. The van der Waals surface area contributed by atoms with Crippen LogP contribution in [0.25, 0.3) is 65.7 Å². The van der Waals surface area contributed by atoms with Crippen molar-refractivity contribution >= 4 is 60.8 Å². The van der Waals surface area contributed by atoms with Crippen molar-refractivity contribution < 1.29 is 0 Å². The average Bonchev–Trinajstić information content (AvgIpc) is 3.66. The number of hydrogen-bond acceptors (Lipinski definition) is 2. The second-order valence-corrected chi connectivity index (χ2v) is 18.2. The van der Waals surface area contributed by atoms with E-state index >= 15 is 0 Å². The first-order valence-corrected chi connectivity index (χ1v) is 23.6. The first-order valence-electron chi connectivity index (χ1n) is 23.6. The number of aryl methyl sites for hydroxylation is 3. The largest absolute Gasteiger partial charge is 0.310 e. The Morgan fingerprint density at radius 1 is 0.318 bits per heavy atom. The van der Waals surface area contributed by atoms with E-state index in [1.807, 2.05) is 0 Å². The van der Waals surface area contributed by atoms with Crippen LogP contribution >= 0.6 is 0 Å². The Kier molecular flexibility index (Phi) is 9.30. The average molecular weight is 845 g/mol. The highest BCUT2D eigenvalue weighted by Gasteiger charge is 2.27. The minimum atomic E-state index is 1.01. The van der Waals surface area contributed by atoms with Crippen LogP contribution in [0, 0.1) is 0 Å². The highest BCUT2D eigenvalue weighted by Crippen LogP contribution is 2.50. The summed E-state index contributed by atoms with van der Waals surface area (Å²) in [5.74, 6) is 0. The van der Waals surface area contributed by atoms with Crippen molar-refractivity contribution in [2.45, 2.75) is 38.5 Å². The van der Waals surface area contributed by atoms with Gasteiger partial charge in [0.2, 0.25) is 0 Å². The van der Waals surface area contributed by atoms with Gasteiger partial charge in [-0.05, 0) is 187 Å². The summed E-state index contributed by atoms with van der Waals surface area (Å²) in [5, 5.41) is 7.45. The molecule has 0 aromatic heterocycles. The summed E-state index contributed by atoms with van der Waals surface area (Å²) >= 11 is 0. The molecule has 2 aliphatic heterocycles. The van der Waals surface area contributed by atoms with Gasteiger partial charge in [-0.2, -0.15) is 0 Å². The lowest BCUT2D eigenvalue weighted by Crippen LogP contribution is -2.18. The van der Waals surface area contributed by atoms with Gasteiger partial charge in [0.25, 0.3) is 0 Å². The van der Waals surface area contributed by atoms with Crippen molar-refractivity contribution in [3.8, 4) is 33.4 Å². The Balaban J connectivity index is 1.11. The molecule has 0 spiro atoms. The predicted molar refractivity (Wildman–Crippen MR) is 280 cm³/mol. The molecule has 0 radical (unpaired) electrons. The van der Waals surface area contributed by atoms with Crippen LogP contribution in [-0.4, -0.2) is 0 Å². The molecular weight excluding hydrogens is 797 g/mol. The van der Waals surface area contributed by atoms with Crippen molar-refractivity contribution in [3.63, 3.8) is 0 Å². The fraction of sp³-hybridized carbons (Fsp3) is 0.0938. The standard InChI is InChI=1S/C64H48N2/c1-3-15-43(16-4-1)49-31-32-51-40-52(34-33-50(51)39-49)64-56-38-36-53(65-59-23-11-7-17-44(59)27-28-45-18-8-12-24-60(45)65)41-57(56)63(48-21-5-2-6-22-48)55-37-35-54(42-58(55)64)66-61-25-13-9-19-46(61)29-30-47-20-10-14-26-62(47)66/h1-7,9-17,19-26,31-42H,8,18,27-30H2. The number of rotatable bonds is 5. The van der Waals surface area contributed by atoms with Crippen LogP contribution in [-0.2, 0) is 19.3 Å². The molecule has 0 saturated carbocycles. The molecular formula is C64H48N2.